The van der Waals surface area contributed by atoms with Gasteiger partial charge in [-0.1, -0.05) is 79.2 Å². The van der Waals surface area contributed by atoms with E-state index in [9.17, 15) is 14.9 Å². The maximum atomic E-state index is 13.8. The minimum Gasteiger partial charge on any atom is -0.352 e. The van der Waals surface area contributed by atoms with E-state index in [1.54, 1.807) is 0 Å². The van der Waals surface area contributed by atoms with Crippen molar-refractivity contribution in [3.63, 3.8) is 0 Å². The number of nitrogens with zero attached hydrogens (tertiary/aromatic N) is 1. The second-order valence-electron chi connectivity index (χ2n) is 9.27. The quantitative estimate of drug-likeness (QED) is 0.260. The summed E-state index contributed by atoms with van der Waals surface area (Å²) in [4.78, 5) is 27.7. The molecule has 2 N–H and O–H groups in total. The molecule has 7 heteroatoms. The lowest BCUT2D eigenvalue weighted by molar-refractivity contribution is -0.113. The second-order valence-corrected chi connectivity index (χ2v) is 11.2. The summed E-state index contributed by atoms with van der Waals surface area (Å²) < 4.78 is 0. The highest BCUT2D eigenvalue weighted by Gasteiger charge is 2.36. The number of ketones is 1. The Kier molecular flexibility index (Phi) is 9.22. The normalized spacial score (nSPS) is 15.2. The number of unbranched alkanes of at least 4 members (excludes halogenated alkanes) is 1. The average Bonchev–Trinajstić information content (AvgIpc) is 3.46. The molecule has 0 saturated heterocycles. The lowest BCUT2D eigenvalue weighted by Gasteiger charge is -2.30. The molecule has 0 fully saturated rings. The predicted octanol–water partition coefficient (Wildman–Crippen LogP) is 7.49. The first-order valence-electron chi connectivity index (χ1n) is 12.7. The number of Topliss-reactive ketones (excluding diaryl/α,β-unsaturated/α-hetero) is 1. The van der Waals surface area contributed by atoms with E-state index in [1.165, 1.54) is 23.1 Å². The lowest BCUT2D eigenvalue weighted by Crippen LogP contribution is -2.31. The molecular formula is C31H31N3O2S2. The van der Waals surface area contributed by atoms with Gasteiger partial charge in [0.2, 0.25) is 0 Å². The summed E-state index contributed by atoms with van der Waals surface area (Å²) in [5, 5.41) is 19.5. The summed E-state index contributed by atoms with van der Waals surface area (Å²) in [5.41, 5.74) is 5.29. The van der Waals surface area contributed by atoms with E-state index < -0.39 is 5.92 Å². The molecule has 1 aliphatic rings. The third kappa shape index (κ3) is 6.27. The van der Waals surface area contributed by atoms with Gasteiger partial charge in [0.05, 0.1) is 33.9 Å². The van der Waals surface area contributed by atoms with Crippen LogP contribution in [0.25, 0.3) is 0 Å². The minimum absolute atomic E-state index is 0.00329. The predicted molar refractivity (Wildman–Crippen MR) is 157 cm³/mol. The number of thioether (sulfide) groups is 1. The smallest absolute Gasteiger partial charge is 0.254 e. The zero-order chi connectivity index (χ0) is 27.1. The summed E-state index contributed by atoms with van der Waals surface area (Å²) in [5.74, 6) is -0.533. The molecule has 194 valence electrons. The molecular weight excluding hydrogens is 510 g/mol. The van der Waals surface area contributed by atoms with Gasteiger partial charge in [0, 0.05) is 21.8 Å². The third-order valence-electron chi connectivity index (χ3n) is 6.50. The van der Waals surface area contributed by atoms with Crippen molar-refractivity contribution in [1.82, 2.24) is 5.32 Å². The van der Waals surface area contributed by atoms with Crippen LogP contribution in [0.3, 0.4) is 0 Å². The van der Waals surface area contributed by atoms with Crippen molar-refractivity contribution in [3.8, 4) is 6.07 Å². The molecule has 1 amide bonds. The minimum atomic E-state index is -0.505. The Bertz CT molecular complexity index is 1410. The van der Waals surface area contributed by atoms with Gasteiger partial charge < -0.3 is 10.6 Å². The zero-order valence-corrected chi connectivity index (χ0v) is 23.5. The summed E-state index contributed by atoms with van der Waals surface area (Å²) in [7, 11) is 0. The Labute approximate surface area is 232 Å². The third-order valence-corrected chi connectivity index (χ3v) is 8.45. The number of hydrogen-bond donors (Lipinski definition) is 2. The van der Waals surface area contributed by atoms with Gasteiger partial charge in [0.15, 0.2) is 5.78 Å². The molecule has 0 radical (unpaired) electrons. The molecule has 1 unspecified atom stereocenters. The number of thiophene rings is 1. The summed E-state index contributed by atoms with van der Waals surface area (Å²) in [6, 6.07) is 21.5. The van der Waals surface area contributed by atoms with Gasteiger partial charge >= 0.3 is 0 Å². The van der Waals surface area contributed by atoms with E-state index in [4.69, 9.17) is 0 Å². The average molecular weight is 542 g/mol. The number of hydrogen-bond acceptors (Lipinski definition) is 6. The molecule has 0 saturated carbocycles. The largest absolute Gasteiger partial charge is 0.352 e. The maximum Gasteiger partial charge on any atom is 0.254 e. The number of benzene rings is 2. The van der Waals surface area contributed by atoms with Crippen molar-refractivity contribution in [2.75, 3.05) is 11.1 Å². The second kappa shape index (κ2) is 12.8. The van der Waals surface area contributed by atoms with Crippen LogP contribution in [0.5, 0.6) is 0 Å². The van der Waals surface area contributed by atoms with Crippen LogP contribution in [0.15, 0.2) is 87.9 Å². The van der Waals surface area contributed by atoms with E-state index in [2.05, 4.69) is 23.6 Å². The Hall–Kier alpha value is -3.60. The van der Waals surface area contributed by atoms with Crippen LogP contribution in [0.1, 0.15) is 58.5 Å². The number of amides is 1. The summed E-state index contributed by atoms with van der Waals surface area (Å²) in [6.45, 7) is 6.05. The van der Waals surface area contributed by atoms with Crippen molar-refractivity contribution in [1.29, 1.82) is 5.26 Å². The molecule has 38 heavy (non-hydrogen) atoms. The lowest BCUT2D eigenvalue weighted by atomic mass is 9.85. The Morgan fingerprint density at radius 2 is 1.84 bits per heavy atom. The zero-order valence-electron chi connectivity index (χ0n) is 21.8. The van der Waals surface area contributed by atoms with E-state index in [0.29, 0.717) is 28.2 Å². The van der Waals surface area contributed by atoms with Crippen LogP contribution in [-0.4, -0.2) is 17.4 Å². The SMILES string of the molecule is CCCCC1=C(C(=O)Nc2ccccc2C)C(c2cccs2)C(C#N)=C(SCC(=O)c2ccc(C)cc2)N1. The number of carbonyl (C=O) groups excluding carboxylic acids is 2. The van der Waals surface area contributed by atoms with Gasteiger partial charge in [-0.15, -0.1) is 11.3 Å². The molecule has 2 aromatic carbocycles. The first-order valence-corrected chi connectivity index (χ1v) is 14.6. The summed E-state index contributed by atoms with van der Waals surface area (Å²) in [6.07, 6.45) is 2.52. The van der Waals surface area contributed by atoms with Crippen LogP contribution in [0, 0.1) is 25.2 Å². The molecule has 1 aliphatic heterocycles. The van der Waals surface area contributed by atoms with Crippen LogP contribution in [-0.2, 0) is 4.79 Å². The number of allylic oxidation sites excluding steroid dienone is 2. The fourth-order valence-corrected chi connectivity index (χ4v) is 6.17. The van der Waals surface area contributed by atoms with Crippen molar-refractivity contribution in [2.45, 2.75) is 46.0 Å². The standard InChI is InChI=1S/C31H31N3O2S2/c1-4-5-10-25-29(30(36)33-24-11-7-6-9-21(24)3)28(27-12-8-17-37-27)23(18-32)31(34-25)38-19-26(35)22-15-13-20(2)14-16-22/h6-9,11-17,28,34H,4-5,10,19H2,1-3H3,(H,33,36). The van der Waals surface area contributed by atoms with Gasteiger partial charge in [0.25, 0.3) is 5.91 Å². The van der Waals surface area contributed by atoms with Gasteiger partial charge in [0.1, 0.15) is 0 Å². The number of nitriles is 1. The molecule has 2 heterocycles. The summed E-state index contributed by atoms with van der Waals surface area (Å²) >= 11 is 2.86. The van der Waals surface area contributed by atoms with Crippen molar-refractivity contribution in [3.05, 3.63) is 109 Å². The van der Waals surface area contributed by atoms with Crippen LogP contribution >= 0.6 is 23.1 Å². The fourth-order valence-electron chi connectivity index (χ4n) is 4.37. The van der Waals surface area contributed by atoms with Crippen LogP contribution < -0.4 is 10.6 Å². The number of nitrogens with one attached hydrogen (secondary N) is 2. The number of anilines is 1. The molecule has 3 aromatic rings. The highest BCUT2D eigenvalue weighted by atomic mass is 32.2. The maximum absolute atomic E-state index is 13.8. The van der Waals surface area contributed by atoms with E-state index in [0.717, 1.165) is 40.2 Å². The highest BCUT2D eigenvalue weighted by molar-refractivity contribution is 8.03. The van der Waals surface area contributed by atoms with Gasteiger partial charge in [-0.2, -0.15) is 5.26 Å². The van der Waals surface area contributed by atoms with E-state index in [-0.39, 0.29) is 17.4 Å². The number of rotatable bonds is 10. The molecule has 1 aromatic heterocycles. The Balaban J connectivity index is 1.71. The molecule has 5 nitrogen and oxygen atoms in total. The number of carbonyl (C=O) groups is 2. The van der Waals surface area contributed by atoms with Crippen molar-refractivity contribution in [2.24, 2.45) is 0 Å². The molecule has 0 spiro atoms. The first-order chi connectivity index (χ1) is 18.4. The number of para-hydroxylation sites is 1. The Morgan fingerprint density at radius 1 is 1.08 bits per heavy atom. The van der Waals surface area contributed by atoms with Crippen LogP contribution in [0.2, 0.25) is 0 Å². The van der Waals surface area contributed by atoms with Gasteiger partial charge in [-0.05, 0) is 49.8 Å². The highest BCUT2D eigenvalue weighted by Crippen LogP contribution is 2.43. The van der Waals surface area contributed by atoms with E-state index in [1.807, 2.05) is 79.9 Å². The Morgan fingerprint density at radius 3 is 2.50 bits per heavy atom. The van der Waals surface area contributed by atoms with Gasteiger partial charge in [-0.25, -0.2) is 0 Å². The fraction of sp³-hybridized carbons (Fsp3) is 0.258. The number of dihydropyridines is 1. The monoisotopic (exact) mass is 541 g/mol. The van der Waals surface area contributed by atoms with Crippen LogP contribution in [0.4, 0.5) is 5.69 Å². The first kappa shape index (κ1) is 27.4. The number of aryl methyl sites for hydroxylation is 2. The van der Waals surface area contributed by atoms with Gasteiger partial charge in [-0.3, -0.25) is 9.59 Å². The molecule has 0 bridgehead atoms. The van der Waals surface area contributed by atoms with Crippen molar-refractivity contribution >= 4 is 40.5 Å². The van der Waals surface area contributed by atoms with E-state index >= 15 is 0 Å². The molecule has 4 rings (SSSR count). The molecule has 1 atom stereocenters. The molecule has 0 aliphatic carbocycles. The topological polar surface area (TPSA) is 82.0 Å². The van der Waals surface area contributed by atoms with Crippen molar-refractivity contribution < 1.29 is 9.59 Å².